The summed E-state index contributed by atoms with van der Waals surface area (Å²) in [7, 11) is 0. The Morgan fingerprint density at radius 2 is 1.80 bits per heavy atom. The molecule has 2 aromatic carbocycles. The molecule has 0 atom stereocenters. The number of rotatable bonds is 4. The molecule has 2 N–H and O–H groups in total. The van der Waals surface area contributed by atoms with E-state index in [1.165, 1.54) is 11.3 Å². The molecule has 0 saturated heterocycles. The SMILES string of the molecule is Cc1ccc(NC(=O)Nc2nnc(/C=C/c3ccccc3Cl)s2)cc1. The van der Waals surface area contributed by atoms with Gasteiger partial charge in [0.2, 0.25) is 5.13 Å². The van der Waals surface area contributed by atoms with Gasteiger partial charge in [-0.25, -0.2) is 4.79 Å². The summed E-state index contributed by atoms with van der Waals surface area (Å²) in [6.45, 7) is 1.99. The molecule has 0 saturated carbocycles. The lowest BCUT2D eigenvalue weighted by atomic mass is 10.2. The first-order chi connectivity index (χ1) is 12.1. The molecule has 0 aliphatic heterocycles. The van der Waals surface area contributed by atoms with E-state index < -0.39 is 0 Å². The lowest BCUT2D eigenvalue weighted by Gasteiger charge is -2.04. The molecule has 1 heterocycles. The summed E-state index contributed by atoms with van der Waals surface area (Å²) in [5.74, 6) is 0. The fraction of sp³-hybridized carbons (Fsp3) is 0.0556. The van der Waals surface area contributed by atoms with Gasteiger partial charge in [-0.3, -0.25) is 5.32 Å². The third-order valence-corrected chi connectivity index (χ3v) is 4.43. The standard InChI is InChI=1S/C18H15ClN4OS/c1-12-6-9-14(10-7-12)20-17(24)21-18-23-22-16(25-18)11-8-13-4-2-3-5-15(13)19/h2-11H,1H3,(H2,20,21,23,24)/b11-8+. The maximum absolute atomic E-state index is 12.0. The van der Waals surface area contributed by atoms with Crippen LogP contribution in [-0.2, 0) is 0 Å². The molecule has 3 rings (SSSR count). The van der Waals surface area contributed by atoms with Crippen molar-refractivity contribution < 1.29 is 4.79 Å². The average molecular weight is 371 g/mol. The van der Waals surface area contributed by atoms with Crippen LogP contribution in [0.3, 0.4) is 0 Å². The second kappa shape index (κ2) is 7.92. The smallest absolute Gasteiger partial charge is 0.308 e. The number of hydrogen-bond donors (Lipinski definition) is 2. The molecular weight excluding hydrogens is 356 g/mol. The van der Waals surface area contributed by atoms with E-state index in [0.29, 0.717) is 20.8 Å². The Kier molecular flexibility index (Phi) is 5.42. The Labute approximate surface area is 154 Å². The van der Waals surface area contributed by atoms with Crippen LogP contribution in [0.1, 0.15) is 16.1 Å². The third-order valence-electron chi connectivity index (χ3n) is 3.28. The molecule has 25 heavy (non-hydrogen) atoms. The van der Waals surface area contributed by atoms with Gasteiger partial charge in [-0.15, -0.1) is 10.2 Å². The number of carbonyl (C=O) groups is 1. The molecule has 0 bridgehead atoms. The van der Waals surface area contributed by atoms with Crippen molar-refractivity contribution in [2.24, 2.45) is 0 Å². The minimum Gasteiger partial charge on any atom is -0.308 e. The Hall–Kier alpha value is -2.70. The van der Waals surface area contributed by atoms with Crippen LogP contribution in [0.15, 0.2) is 48.5 Å². The summed E-state index contributed by atoms with van der Waals surface area (Å²) >= 11 is 7.38. The van der Waals surface area contributed by atoms with Crippen molar-refractivity contribution in [3.63, 3.8) is 0 Å². The first-order valence-corrected chi connectivity index (χ1v) is 8.70. The van der Waals surface area contributed by atoms with Crippen LogP contribution in [0.4, 0.5) is 15.6 Å². The molecule has 0 unspecified atom stereocenters. The predicted octanol–water partition coefficient (Wildman–Crippen LogP) is 5.31. The second-order valence-electron chi connectivity index (χ2n) is 5.25. The minimum atomic E-state index is -0.360. The number of carbonyl (C=O) groups excluding carboxylic acids is 1. The van der Waals surface area contributed by atoms with Crippen molar-refractivity contribution in [3.05, 3.63) is 69.7 Å². The Bertz CT molecular complexity index is 905. The van der Waals surface area contributed by atoms with Crippen molar-refractivity contribution >= 4 is 51.9 Å². The summed E-state index contributed by atoms with van der Waals surface area (Å²) in [5.41, 5.74) is 2.74. The van der Waals surface area contributed by atoms with E-state index in [4.69, 9.17) is 11.6 Å². The molecule has 7 heteroatoms. The summed E-state index contributed by atoms with van der Waals surface area (Å²) < 4.78 is 0. The maximum atomic E-state index is 12.0. The summed E-state index contributed by atoms with van der Waals surface area (Å²) in [4.78, 5) is 12.0. The van der Waals surface area contributed by atoms with Crippen LogP contribution in [0.5, 0.6) is 0 Å². The first-order valence-electron chi connectivity index (χ1n) is 7.51. The van der Waals surface area contributed by atoms with E-state index >= 15 is 0 Å². The fourth-order valence-corrected chi connectivity index (χ4v) is 2.86. The fourth-order valence-electron chi connectivity index (χ4n) is 2.02. The highest BCUT2D eigenvalue weighted by Crippen LogP contribution is 2.21. The van der Waals surface area contributed by atoms with Crippen molar-refractivity contribution in [2.45, 2.75) is 6.92 Å². The molecule has 126 valence electrons. The lowest BCUT2D eigenvalue weighted by Crippen LogP contribution is -2.19. The number of urea groups is 1. The third kappa shape index (κ3) is 4.89. The maximum Gasteiger partial charge on any atom is 0.325 e. The number of nitrogens with one attached hydrogen (secondary N) is 2. The zero-order valence-corrected chi connectivity index (χ0v) is 14.9. The molecule has 0 aliphatic carbocycles. The van der Waals surface area contributed by atoms with E-state index in [1.807, 2.05) is 67.6 Å². The Balaban J connectivity index is 1.60. The molecular formula is C18H15ClN4OS. The van der Waals surface area contributed by atoms with E-state index in [1.54, 1.807) is 0 Å². The first kappa shape index (κ1) is 17.1. The monoisotopic (exact) mass is 370 g/mol. The van der Waals surface area contributed by atoms with Crippen LogP contribution in [0.25, 0.3) is 12.2 Å². The second-order valence-corrected chi connectivity index (χ2v) is 6.66. The van der Waals surface area contributed by atoms with Crippen molar-refractivity contribution in [3.8, 4) is 0 Å². The summed E-state index contributed by atoms with van der Waals surface area (Å²) in [6, 6.07) is 14.7. The average Bonchev–Trinajstić information content (AvgIpc) is 3.03. The van der Waals surface area contributed by atoms with Crippen LogP contribution in [-0.4, -0.2) is 16.2 Å². The minimum absolute atomic E-state index is 0.360. The largest absolute Gasteiger partial charge is 0.325 e. The zero-order valence-electron chi connectivity index (χ0n) is 13.4. The van der Waals surface area contributed by atoms with Gasteiger partial charge in [0.05, 0.1) is 0 Å². The molecule has 1 aromatic heterocycles. The van der Waals surface area contributed by atoms with Gasteiger partial charge in [-0.1, -0.05) is 64.9 Å². The van der Waals surface area contributed by atoms with Gasteiger partial charge in [0.15, 0.2) is 0 Å². The topological polar surface area (TPSA) is 66.9 Å². The van der Waals surface area contributed by atoms with E-state index in [9.17, 15) is 4.79 Å². The Morgan fingerprint density at radius 3 is 2.56 bits per heavy atom. The van der Waals surface area contributed by atoms with Gasteiger partial charge in [0.1, 0.15) is 5.01 Å². The van der Waals surface area contributed by atoms with Gasteiger partial charge in [-0.2, -0.15) is 0 Å². The van der Waals surface area contributed by atoms with Crippen LogP contribution < -0.4 is 10.6 Å². The number of hydrogen-bond acceptors (Lipinski definition) is 4. The quantitative estimate of drug-likeness (QED) is 0.653. The van der Waals surface area contributed by atoms with Crippen LogP contribution in [0, 0.1) is 6.92 Å². The number of amides is 2. The molecule has 0 radical (unpaired) electrons. The molecule has 3 aromatic rings. The summed E-state index contributed by atoms with van der Waals surface area (Å²) in [5, 5.41) is 15.2. The van der Waals surface area contributed by atoms with E-state index in [0.717, 1.165) is 11.1 Å². The number of nitrogens with zero attached hydrogens (tertiary/aromatic N) is 2. The van der Waals surface area contributed by atoms with Crippen molar-refractivity contribution in [2.75, 3.05) is 10.6 Å². The number of benzene rings is 2. The number of halogens is 1. The van der Waals surface area contributed by atoms with E-state index in [-0.39, 0.29) is 6.03 Å². The highest BCUT2D eigenvalue weighted by atomic mass is 35.5. The molecule has 0 fully saturated rings. The van der Waals surface area contributed by atoms with Crippen LogP contribution >= 0.6 is 22.9 Å². The van der Waals surface area contributed by atoms with Gasteiger partial charge >= 0.3 is 6.03 Å². The van der Waals surface area contributed by atoms with Crippen molar-refractivity contribution in [1.29, 1.82) is 0 Å². The molecule has 2 amide bonds. The van der Waals surface area contributed by atoms with Crippen molar-refractivity contribution in [1.82, 2.24) is 10.2 Å². The lowest BCUT2D eigenvalue weighted by molar-refractivity contribution is 0.262. The van der Waals surface area contributed by atoms with Gasteiger partial charge in [0, 0.05) is 10.7 Å². The normalized spacial score (nSPS) is 10.8. The highest BCUT2D eigenvalue weighted by molar-refractivity contribution is 7.16. The predicted molar refractivity (Wildman–Crippen MR) is 104 cm³/mol. The molecule has 0 aliphatic rings. The number of anilines is 2. The van der Waals surface area contributed by atoms with Crippen LogP contribution in [0.2, 0.25) is 5.02 Å². The van der Waals surface area contributed by atoms with E-state index in [2.05, 4.69) is 20.8 Å². The zero-order chi connectivity index (χ0) is 17.6. The van der Waals surface area contributed by atoms with Gasteiger partial charge in [0.25, 0.3) is 0 Å². The van der Waals surface area contributed by atoms with Gasteiger partial charge in [-0.05, 0) is 36.8 Å². The number of aryl methyl sites for hydroxylation is 1. The summed E-state index contributed by atoms with van der Waals surface area (Å²) in [6.07, 6.45) is 3.67. The number of aromatic nitrogens is 2. The van der Waals surface area contributed by atoms with Gasteiger partial charge < -0.3 is 5.32 Å². The highest BCUT2D eigenvalue weighted by Gasteiger charge is 2.07. The molecule has 5 nitrogen and oxygen atoms in total. The Morgan fingerprint density at radius 1 is 1.04 bits per heavy atom. The molecule has 0 spiro atoms.